The van der Waals surface area contributed by atoms with E-state index in [1.54, 1.807) is 0 Å². The molecule has 1 N–H and O–H groups in total. The van der Waals surface area contributed by atoms with E-state index < -0.39 is 5.41 Å². The number of hydrogen-bond acceptors (Lipinski definition) is 2. The van der Waals surface area contributed by atoms with Crippen molar-refractivity contribution in [3.8, 4) is 0 Å². The monoisotopic (exact) mass is 321 g/mol. The van der Waals surface area contributed by atoms with Gasteiger partial charge in [-0.25, -0.2) is 0 Å². The average Bonchev–Trinajstić information content (AvgIpc) is 3.06. The second-order valence-electron chi connectivity index (χ2n) is 6.50. The molecule has 1 aromatic rings. The zero-order valence-electron chi connectivity index (χ0n) is 12.9. The Morgan fingerprint density at radius 1 is 1.27 bits per heavy atom. The molecule has 1 saturated carbocycles. The smallest absolute Gasteiger partial charge is 0.230 e. The quantitative estimate of drug-likeness (QED) is 0.915. The van der Waals surface area contributed by atoms with E-state index in [0.29, 0.717) is 11.6 Å². The van der Waals surface area contributed by atoms with E-state index in [1.807, 2.05) is 24.3 Å². The molecule has 3 nitrogen and oxygen atoms in total. The van der Waals surface area contributed by atoms with Gasteiger partial charge in [-0.05, 0) is 43.4 Å². The normalized spacial score (nSPS) is 24.1. The molecule has 1 amide bonds. The van der Waals surface area contributed by atoms with E-state index >= 15 is 0 Å². The standard InChI is InChI=1S/C18H24ClNO2/c19-15-7-4-6-14(12-15)18(9-2-1-3-10-18)17(21)20-13-16-8-5-11-22-16/h4,6-7,12,16H,1-3,5,8-11,13H2,(H,20,21). The molecule has 4 heteroatoms. The summed E-state index contributed by atoms with van der Waals surface area (Å²) in [6, 6.07) is 7.81. The third-order valence-corrected chi connectivity index (χ3v) is 5.27. The van der Waals surface area contributed by atoms with Gasteiger partial charge in [0.25, 0.3) is 0 Å². The highest BCUT2D eigenvalue weighted by molar-refractivity contribution is 6.30. The van der Waals surface area contributed by atoms with E-state index in [1.165, 1.54) is 6.42 Å². The van der Waals surface area contributed by atoms with Crippen molar-refractivity contribution in [2.45, 2.75) is 56.5 Å². The van der Waals surface area contributed by atoms with Crippen molar-refractivity contribution < 1.29 is 9.53 Å². The third-order valence-electron chi connectivity index (χ3n) is 5.03. The molecular weight excluding hydrogens is 298 g/mol. The van der Waals surface area contributed by atoms with Crippen LogP contribution in [0.5, 0.6) is 0 Å². The predicted molar refractivity (Wildman–Crippen MR) is 88.2 cm³/mol. The topological polar surface area (TPSA) is 38.3 Å². The Morgan fingerprint density at radius 3 is 2.77 bits per heavy atom. The molecule has 0 bridgehead atoms. The molecule has 0 aromatic heterocycles. The number of hydrogen-bond donors (Lipinski definition) is 1. The number of carbonyl (C=O) groups is 1. The van der Waals surface area contributed by atoms with E-state index in [9.17, 15) is 4.79 Å². The number of carbonyl (C=O) groups excluding carboxylic acids is 1. The Hall–Kier alpha value is -1.06. The molecule has 1 saturated heterocycles. The van der Waals surface area contributed by atoms with Crippen molar-refractivity contribution in [2.75, 3.05) is 13.2 Å². The van der Waals surface area contributed by atoms with Crippen LogP contribution >= 0.6 is 11.6 Å². The van der Waals surface area contributed by atoms with Gasteiger partial charge in [0.05, 0.1) is 11.5 Å². The molecule has 1 atom stereocenters. The van der Waals surface area contributed by atoms with Crippen LogP contribution in [0.4, 0.5) is 0 Å². The average molecular weight is 322 g/mol. The third kappa shape index (κ3) is 3.31. The first-order chi connectivity index (χ1) is 10.7. The SMILES string of the molecule is O=C(NCC1CCCO1)C1(c2cccc(Cl)c2)CCCCC1. The fourth-order valence-corrected chi connectivity index (χ4v) is 3.96. The Morgan fingerprint density at radius 2 is 2.09 bits per heavy atom. The van der Waals surface area contributed by atoms with Crippen molar-refractivity contribution in [1.29, 1.82) is 0 Å². The van der Waals surface area contributed by atoms with Crippen LogP contribution in [0.1, 0.15) is 50.5 Å². The summed E-state index contributed by atoms with van der Waals surface area (Å²) in [6.07, 6.45) is 7.55. The molecule has 1 aliphatic heterocycles. The molecule has 1 aromatic carbocycles. The molecule has 22 heavy (non-hydrogen) atoms. The Kier molecular flexibility index (Phi) is 5.04. The summed E-state index contributed by atoms with van der Waals surface area (Å²) in [6.45, 7) is 1.45. The van der Waals surface area contributed by atoms with Gasteiger partial charge in [-0.2, -0.15) is 0 Å². The fraction of sp³-hybridized carbons (Fsp3) is 0.611. The van der Waals surface area contributed by atoms with Crippen molar-refractivity contribution in [3.05, 3.63) is 34.9 Å². The summed E-state index contributed by atoms with van der Waals surface area (Å²) in [4.78, 5) is 13.0. The molecular formula is C18H24ClNO2. The maximum absolute atomic E-state index is 13.0. The van der Waals surface area contributed by atoms with Gasteiger partial charge in [-0.15, -0.1) is 0 Å². The first-order valence-corrected chi connectivity index (χ1v) is 8.74. The van der Waals surface area contributed by atoms with E-state index in [2.05, 4.69) is 5.32 Å². The van der Waals surface area contributed by atoms with Gasteiger partial charge in [0.2, 0.25) is 5.91 Å². The van der Waals surface area contributed by atoms with Crippen LogP contribution in [-0.2, 0) is 14.9 Å². The Labute approximate surface area is 137 Å². The first-order valence-electron chi connectivity index (χ1n) is 8.37. The van der Waals surface area contributed by atoms with E-state index in [-0.39, 0.29) is 12.0 Å². The molecule has 2 fully saturated rings. The minimum absolute atomic E-state index is 0.143. The molecule has 3 rings (SSSR count). The van der Waals surface area contributed by atoms with Crippen LogP contribution in [-0.4, -0.2) is 25.2 Å². The van der Waals surface area contributed by atoms with Gasteiger partial charge >= 0.3 is 0 Å². The predicted octanol–water partition coefficient (Wildman–Crippen LogP) is 3.84. The van der Waals surface area contributed by atoms with Crippen LogP contribution < -0.4 is 5.32 Å². The van der Waals surface area contributed by atoms with Crippen molar-refractivity contribution >= 4 is 17.5 Å². The second kappa shape index (κ2) is 7.01. The lowest BCUT2D eigenvalue weighted by atomic mass is 9.68. The lowest BCUT2D eigenvalue weighted by molar-refractivity contribution is -0.128. The highest BCUT2D eigenvalue weighted by atomic mass is 35.5. The maximum Gasteiger partial charge on any atom is 0.230 e. The van der Waals surface area contributed by atoms with Gasteiger partial charge in [0.1, 0.15) is 0 Å². The summed E-state index contributed by atoms with van der Waals surface area (Å²) < 4.78 is 5.61. The molecule has 120 valence electrons. The van der Waals surface area contributed by atoms with Crippen molar-refractivity contribution in [2.24, 2.45) is 0 Å². The molecule has 0 spiro atoms. The van der Waals surface area contributed by atoms with Gasteiger partial charge in [-0.1, -0.05) is 43.0 Å². The summed E-state index contributed by atoms with van der Waals surface area (Å²) in [5.74, 6) is 0.143. The van der Waals surface area contributed by atoms with Crippen LogP contribution in [0.3, 0.4) is 0 Å². The zero-order chi connectivity index (χ0) is 15.4. The van der Waals surface area contributed by atoms with Gasteiger partial charge < -0.3 is 10.1 Å². The highest BCUT2D eigenvalue weighted by Crippen LogP contribution is 2.40. The lowest BCUT2D eigenvalue weighted by Gasteiger charge is -2.36. The number of amides is 1. The summed E-state index contributed by atoms with van der Waals surface area (Å²) in [5, 5.41) is 3.85. The molecule has 2 aliphatic rings. The Bertz CT molecular complexity index is 520. The first kappa shape index (κ1) is 15.8. The zero-order valence-corrected chi connectivity index (χ0v) is 13.7. The second-order valence-corrected chi connectivity index (χ2v) is 6.93. The van der Waals surface area contributed by atoms with Gasteiger partial charge in [0, 0.05) is 18.2 Å². The number of rotatable bonds is 4. The minimum Gasteiger partial charge on any atom is -0.376 e. The minimum atomic E-state index is -0.415. The summed E-state index contributed by atoms with van der Waals surface area (Å²) >= 11 is 6.16. The number of benzene rings is 1. The van der Waals surface area contributed by atoms with Crippen LogP contribution in [0.2, 0.25) is 5.02 Å². The highest BCUT2D eigenvalue weighted by Gasteiger charge is 2.41. The number of nitrogens with one attached hydrogen (secondary N) is 1. The molecule has 1 aliphatic carbocycles. The van der Waals surface area contributed by atoms with E-state index in [0.717, 1.165) is 50.7 Å². The number of ether oxygens (including phenoxy) is 1. The van der Waals surface area contributed by atoms with Gasteiger partial charge in [0.15, 0.2) is 0 Å². The van der Waals surface area contributed by atoms with E-state index in [4.69, 9.17) is 16.3 Å². The van der Waals surface area contributed by atoms with Crippen LogP contribution in [0.15, 0.2) is 24.3 Å². The van der Waals surface area contributed by atoms with Crippen LogP contribution in [0.25, 0.3) is 0 Å². The molecule has 0 radical (unpaired) electrons. The van der Waals surface area contributed by atoms with Crippen molar-refractivity contribution in [3.63, 3.8) is 0 Å². The summed E-state index contributed by atoms with van der Waals surface area (Å²) in [7, 11) is 0. The maximum atomic E-state index is 13.0. The molecule has 1 heterocycles. The van der Waals surface area contributed by atoms with Gasteiger partial charge in [-0.3, -0.25) is 4.79 Å². The summed E-state index contributed by atoms with van der Waals surface area (Å²) in [5.41, 5.74) is 0.645. The fourth-order valence-electron chi connectivity index (χ4n) is 3.77. The Balaban J connectivity index is 1.77. The largest absolute Gasteiger partial charge is 0.376 e. The van der Waals surface area contributed by atoms with Crippen molar-refractivity contribution in [1.82, 2.24) is 5.32 Å². The molecule has 1 unspecified atom stereocenters. The number of halogens is 1. The van der Waals surface area contributed by atoms with Crippen LogP contribution in [0, 0.1) is 0 Å². The lowest BCUT2D eigenvalue weighted by Crippen LogP contribution is -2.47.